The van der Waals surface area contributed by atoms with Crippen LogP contribution in [-0.4, -0.2) is 104 Å². The predicted molar refractivity (Wildman–Crippen MR) is 178 cm³/mol. The first-order chi connectivity index (χ1) is 22.7. The molecule has 3 amide bonds. The van der Waals surface area contributed by atoms with Crippen molar-refractivity contribution in [2.24, 2.45) is 35.1 Å². The summed E-state index contributed by atoms with van der Waals surface area (Å²) >= 11 is 0. The molecule has 15 heteroatoms. The number of rotatable bonds is 10. The van der Waals surface area contributed by atoms with Gasteiger partial charge in [0.2, 0.25) is 17.6 Å². The van der Waals surface area contributed by atoms with E-state index in [0.29, 0.717) is 6.42 Å². The molecule has 8 atom stereocenters. The minimum Gasteiger partial charge on any atom is -0.508 e. The number of primary amides is 1. The summed E-state index contributed by atoms with van der Waals surface area (Å²) in [4.78, 5) is 67.3. The first kappa shape index (κ1) is 37.5. The molecule has 15 nitrogen and oxygen atoms in total. The lowest BCUT2D eigenvalue weighted by Crippen LogP contribution is -2.70. The lowest BCUT2D eigenvalue weighted by Gasteiger charge is -2.53. The maximum Gasteiger partial charge on any atom is 0.255 e. The van der Waals surface area contributed by atoms with Crippen molar-refractivity contribution < 1.29 is 49.5 Å². The van der Waals surface area contributed by atoms with Gasteiger partial charge in [-0.1, -0.05) is 40.7 Å². The Kier molecular flexibility index (Phi) is 10.4. The Morgan fingerprint density at radius 1 is 1.00 bits per heavy atom. The molecule has 268 valence electrons. The summed E-state index contributed by atoms with van der Waals surface area (Å²) in [5, 5.41) is 63.0. The lowest BCUT2D eigenvalue weighted by molar-refractivity contribution is -0.169. The second-order valence-electron chi connectivity index (χ2n) is 14.4. The maximum absolute atomic E-state index is 14.2. The third kappa shape index (κ3) is 6.20. The van der Waals surface area contributed by atoms with Gasteiger partial charge in [-0.05, 0) is 56.3 Å². The molecule has 0 bridgehead atoms. The van der Waals surface area contributed by atoms with Crippen LogP contribution in [0, 0.1) is 23.7 Å². The number of aromatic hydroxyl groups is 1. The summed E-state index contributed by atoms with van der Waals surface area (Å²) in [5.41, 5.74) is 6.58. The van der Waals surface area contributed by atoms with Crippen LogP contribution in [0.5, 0.6) is 5.75 Å². The number of nitrogens with zero attached hydrogens (tertiary/aromatic N) is 1. The fourth-order valence-corrected chi connectivity index (χ4v) is 7.53. The highest BCUT2D eigenvalue weighted by Crippen LogP contribution is 2.56. The average Bonchev–Trinajstić information content (AvgIpc) is 2.98. The first-order valence-electron chi connectivity index (χ1n) is 16.2. The van der Waals surface area contributed by atoms with Gasteiger partial charge in [-0.2, -0.15) is 0 Å². The fraction of sp³-hybridized carbons (Fsp3) is 0.559. The number of carbonyl (C=O) groups is 5. The highest BCUT2D eigenvalue weighted by Gasteiger charge is 2.68. The van der Waals surface area contributed by atoms with Crippen LogP contribution in [0.15, 0.2) is 29.0 Å². The highest BCUT2D eigenvalue weighted by molar-refractivity contribution is 6.24. The molecular weight excluding hydrogens is 638 g/mol. The molecule has 1 aromatic rings. The summed E-state index contributed by atoms with van der Waals surface area (Å²) in [5.74, 6) is -11.4. The van der Waals surface area contributed by atoms with E-state index >= 15 is 0 Å². The van der Waals surface area contributed by atoms with Gasteiger partial charge < -0.3 is 47.6 Å². The standard InChI is InChI=1S/C34H47N5O10/c1-12(2)10-16(35)32(47)38-18(11-13(3)4)33(48)37-17-9-8-15-14(5)19-21(26(41)20(15)25(17)40)29(44)34(49)23(27(19)42)24(39(6)7)28(43)22(30(34)45)31(36)46/h8-9,12-14,16,18-19,23-24,27,40-42,45,49H,10-11,35H2,1-7H3,(H2,36,46)(H,37,48)(H,38,47)/t14-,16-,18-,19?,23?,24-,27?,34-/m0/s1. The number of hydrogen-bond donors (Lipinski definition) is 9. The Balaban J connectivity index is 1.80. The molecule has 0 saturated heterocycles. The molecule has 3 unspecified atom stereocenters. The van der Waals surface area contributed by atoms with Crippen molar-refractivity contribution in [2.75, 3.05) is 19.4 Å². The van der Waals surface area contributed by atoms with Crippen molar-refractivity contribution in [1.29, 1.82) is 0 Å². The Bertz CT molecular complexity index is 1650. The van der Waals surface area contributed by atoms with Crippen LogP contribution >= 0.6 is 0 Å². The number of ketones is 2. The number of benzene rings is 1. The summed E-state index contributed by atoms with van der Waals surface area (Å²) in [7, 11) is 2.85. The Hall–Kier alpha value is -4.31. The van der Waals surface area contributed by atoms with E-state index < -0.39 is 105 Å². The molecule has 11 N–H and O–H groups in total. The van der Waals surface area contributed by atoms with Crippen molar-refractivity contribution in [3.05, 3.63) is 40.2 Å². The Labute approximate surface area is 284 Å². The zero-order valence-corrected chi connectivity index (χ0v) is 28.6. The van der Waals surface area contributed by atoms with E-state index in [9.17, 15) is 49.5 Å². The molecule has 0 radical (unpaired) electrons. The number of likely N-dealkylation sites (N-methyl/N-ethyl adjacent to an activating group) is 1. The van der Waals surface area contributed by atoms with Crippen LogP contribution in [0.3, 0.4) is 0 Å². The van der Waals surface area contributed by atoms with Crippen LogP contribution in [0.2, 0.25) is 0 Å². The van der Waals surface area contributed by atoms with Crippen molar-refractivity contribution >= 4 is 40.7 Å². The lowest BCUT2D eigenvalue weighted by atomic mass is 9.54. The van der Waals surface area contributed by atoms with Crippen molar-refractivity contribution in [2.45, 2.75) is 83.2 Å². The maximum atomic E-state index is 14.2. The van der Waals surface area contributed by atoms with Gasteiger partial charge in [-0.25, -0.2) is 0 Å². The second-order valence-corrected chi connectivity index (χ2v) is 14.4. The third-order valence-corrected chi connectivity index (χ3v) is 9.79. The minimum absolute atomic E-state index is 0.0258. The van der Waals surface area contributed by atoms with Gasteiger partial charge in [0.1, 0.15) is 28.9 Å². The smallest absolute Gasteiger partial charge is 0.255 e. The van der Waals surface area contributed by atoms with Crippen molar-refractivity contribution in [3.8, 4) is 5.75 Å². The predicted octanol–water partition coefficient (Wildman–Crippen LogP) is 0.339. The summed E-state index contributed by atoms with van der Waals surface area (Å²) in [6.45, 7) is 9.13. The molecule has 3 aliphatic rings. The Morgan fingerprint density at radius 2 is 1.59 bits per heavy atom. The van der Waals surface area contributed by atoms with E-state index in [0.717, 1.165) is 0 Å². The number of phenols is 1. The van der Waals surface area contributed by atoms with Crippen LogP contribution in [0.1, 0.15) is 64.5 Å². The molecule has 4 rings (SSSR count). The third-order valence-electron chi connectivity index (χ3n) is 9.79. The number of phenolic OH excluding ortho intramolecular Hbond substituents is 1. The van der Waals surface area contributed by atoms with Gasteiger partial charge in [-0.15, -0.1) is 0 Å². The molecular formula is C34H47N5O10. The number of fused-ring (bicyclic) bond motifs is 3. The zero-order valence-electron chi connectivity index (χ0n) is 28.6. The van der Waals surface area contributed by atoms with E-state index in [-0.39, 0.29) is 35.1 Å². The van der Waals surface area contributed by atoms with Gasteiger partial charge in [0, 0.05) is 11.5 Å². The SMILES string of the molecule is CC(C)C[C@H](NC(=O)[C@@H](N)CC(C)C)C(=O)Nc1ccc2c(c1O)C(O)=C1C(=O)[C@]3(O)C(O)=C(C(N)=O)C(=O)[C@@H](N(C)C)C3C(O)C1[C@H]2C. The van der Waals surface area contributed by atoms with Crippen LogP contribution < -0.4 is 22.1 Å². The molecule has 0 heterocycles. The molecule has 1 saturated carbocycles. The second kappa shape index (κ2) is 13.5. The number of nitrogens with two attached hydrogens (primary N) is 2. The van der Waals surface area contributed by atoms with Crippen LogP contribution in [0.4, 0.5) is 5.69 Å². The Morgan fingerprint density at radius 3 is 2.12 bits per heavy atom. The molecule has 49 heavy (non-hydrogen) atoms. The monoisotopic (exact) mass is 685 g/mol. The van der Waals surface area contributed by atoms with Gasteiger partial charge >= 0.3 is 0 Å². The average molecular weight is 686 g/mol. The van der Waals surface area contributed by atoms with E-state index in [1.807, 2.05) is 27.7 Å². The normalized spacial score (nSPS) is 27.9. The van der Waals surface area contributed by atoms with E-state index in [1.54, 1.807) is 6.92 Å². The number of aliphatic hydroxyl groups excluding tert-OH is 3. The molecule has 1 aromatic carbocycles. The summed E-state index contributed by atoms with van der Waals surface area (Å²) in [6.07, 6.45) is -1.11. The summed E-state index contributed by atoms with van der Waals surface area (Å²) in [6, 6.07) is -0.505. The number of Topliss-reactive ketones (excluding diaryl/α,β-unsaturated/α-hetero) is 2. The number of nitrogens with one attached hydrogen (secondary N) is 2. The number of aliphatic hydroxyl groups is 4. The van der Waals surface area contributed by atoms with E-state index in [1.165, 1.54) is 31.1 Å². The van der Waals surface area contributed by atoms with Gasteiger partial charge in [0.25, 0.3) is 5.91 Å². The molecule has 1 fully saturated rings. The topological polar surface area (TPSA) is 266 Å². The number of hydrogen-bond acceptors (Lipinski definition) is 12. The molecule has 0 spiro atoms. The molecule has 0 aliphatic heterocycles. The van der Waals surface area contributed by atoms with Gasteiger partial charge in [0.05, 0.1) is 35.4 Å². The van der Waals surface area contributed by atoms with E-state index in [4.69, 9.17) is 11.5 Å². The number of carbonyl (C=O) groups excluding carboxylic acids is 5. The van der Waals surface area contributed by atoms with E-state index in [2.05, 4.69) is 10.6 Å². The van der Waals surface area contributed by atoms with Crippen molar-refractivity contribution in [3.63, 3.8) is 0 Å². The summed E-state index contributed by atoms with van der Waals surface area (Å²) < 4.78 is 0. The fourth-order valence-electron chi connectivity index (χ4n) is 7.53. The first-order valence-corrected chi connectivity index (χ1v) is 16.2. The van der Waals surface area contributed by atoms with Gasteiger partial charge in [-0.3, -0.25) is 28.9 Å². The van der Waals surface area contributed by atoms with Crippen LogP contribution in [-0.2, 0) is 24.0 Å². The number of amides is 3. The number of anilines is 1. The molecule has 3 aliphatic carbocycles. The molecule has 0 aromatic heterocycles. The highest BCUT2D eigenvalue weighted by atomic mass is 16.4. The minimum atomic E-state index is -3.05. The van der Waals surface area contributed by atoms with Crippen molar-refractivity contribution in [1.82, 2.24) is 10.2 Å². The quantitative estimate of drug-likeness (QED) is 0.119. The van der Waals surface area contributed by atoms with Gasteiger partial charge in [0.15, 0.2) is 11.4 Å². The van der Waals surface area contributed by atoms with Crippen LogP contribution in [0.25, 0.3) is 5.76 Å². The zero-order chi connectivity index (χ0) is 37.0. The largest absolute Gasteiger partial charge is 0.508 e.